The molecule has 2 rings (SSSR count). The second-order valence-corrected chi connectivity index (χ2v) is 6.17. The molecule has 114 valence electrons. The van der Waals surface area contributed by atoms with Gasteiger partial charge in [0.05, 0.1) is 0 Å². The van der Waals surface area contributed by atoms with Gasteiger partial charge in [0.1, 0.15) is 5.60 Å². The van der Waals surface area contributed by atoms with Crippen LogP contribution in [0, 0.1) is 11.8 Å². The fourth-order valence-electron chi connectivity index (χ4n) is 2.84. The Bertz CT molecular complexity index is 411. The van der Waals surface area contributed by atoms with Crippen molar-refractivity contribution in [2.75, 3.05) is 13.2 Å². The first-order chi connectivity index (χ1) is 9.59. The van der Waals surface area contributed by atoms with Crippen LogP contribution in [0.5, 0.6) is 0 Å². The summed E-state index contributed by atoms with van der Waals surface area (Å²) >= 11 is 0. The normalized spacial score (nSPS) is 28.5. The highest BCUT2D eigenvalue weighted by atomic mass is 16.5. The fourth-order valence-corrected chi connectivity index (χ4v) is 2.84. The SMILES string of the molecule is CCOC1(c2noc(CC(C)CN)n2)CCC(C)CC1. The third-order valence-corrected chi connectivity index (χ3v) is 4.30. The van der Waals surface area contributed by atoms with Gasteiger partial charge in [0.2, 0.25) is 11.7 Å². The van der Waals surface area contributed by atoms with Gasteiger partial charge in [-0.25, -0.2) is 0 Å². The fraction of sp³-hybridized carbons (Fsp3) is 0.867. The number of nitrogens with zero attached hydrogens (tertiary/aromatic N) is 2. The monoisotopic (exact) mass is 281 g/mol. The van der Waals surface area contributed by atoms with Crippen LogP contribution in [0.25, 0.3) is 0 Å². The molecule has 1 aromatic rings. The Balaban J connectivity index is 2.13. The Morgan fingerprint density at radius 1 is 1.45 bits per heavy atom. The van der Waals surface area contributed by atoms with E-state index < -0.39 is 0 Å². The van der Waals surface area contributed by atoms with E-state index in [1.54, 1.807) is 0 Å². The topological polar surface area (TPSA) is 74.2 Å². The van der Waals surface area contributed by atoms with Crippen LogP contribution in [-0.4, -0.2) is 23.3 Å². The van der Waals surface area contributed by atoms with Gasteiger partial charge < -0.3 is 15.0 Å². The van der Waals surface area contributed by atoms with E-state index in [0.29, 0.717) is 25.0 Å². The second-order valence-electron chi connectivity index (χ2n) is 6.17. The molecule has 0 aliphatic heterocycles. The third kappa shape index (κ3) is 3.38. The minimum absolute atomic E-state index is 0.338. The molecule has 1 aromatic heterocycles. The maximum absolute atomic E-state index is 6.04. The lowest BCUT2D eigenvalue weighted by atomic mass is 9.79. The van der Waals surface area contributed by atoms with Crippen molar-refractivity contribution in [2.24, 2.45) is 17.6 Å². The molecule has 1 saturated carbocycles. The van der Waals surface area contributed by atoms with Crippen molar-refractivity contribution in [2.45, 2.75) is 58.5 Å². The van der Waals surface area contributed by atoms with Crippen LogP contribution in [0.15, 0.2) is 4.52 Å². The molecule has 0 amide bonds. The standard InChI is InChI=1S/C15H27N3O2/c1-4-19-15(7-5-11(2)6-8-15)14-17-13(20-18-14)9-12(3)10-16/h11-12H,4-10,16H2,1-3H3. The van der Waals surface area contributed by atoms with E-state index in [0.717, 1.165) is 43.8 Å². The van der Waals surface area contributed by atoms with Gasteiger partial charge >= 0.3 is 0 Å². The molecule has 1 aliphatic carbocycles. The molecule has 1 fully saturated rings. The first-order valence-electron chi connectivity index (χ1n) is 7.76. The summed E-state index contributed by atoms with van der Waals surface area (Å²) in [6.07, 6.45) is 5.01. The Hall–Kier alpha value is -0.940. The van der Waals surface area contributed by atoms with Crippen LogP contribution >= 0.6 is 0 Å². The first kappa shape index (κ1) is 15.4. The summed E-state index contributed by atoms with van der Waals surface area (Å²) in [5.74, 6) is 2.52. The van der Waals surface area contributed by atoms with Crippen molar-refractivity contribution < 1.29 is 9.26 Å². The smallest absolute Gasteiger partial charge is 0.227 e. The Kier molecular flexibility index (Phi) is 5.16. The van der Waals surface area contributed by atoms with Crippen LogP contribution in [-0.2, 0) is 16.8 Å². The number of ether oxygens (including phenoxy) is 1. The Morgan fingerprint density at radius 2 is 2.15 bits per heavy atom. The molecule has 0 aromatic carbocycles. The van der Waals surface area contributed by atoms with Gasteiger partial charge in [0.25, 0.3) is 0 Å². The van der Waals surface area contributed by atoms with Gasteiger partial charge in [-0.2, -0.15) is 4.98 Å². The largest absolute Gasteiger partial charge is 0.367 e. The highest BCUT2D eigenvalue weighted by Crippen LogP contribution is 2.41. The van der Waals surface area contributed by atoms with Crippen molar-refractivity contribution >= 4 is 0 Å². The average molecular weight is 281 g/mol. The highest BCUT2D eigenvalue weighted by Gasteiger charge is 2.40. The van der Waals surface area contributed by atoms with Crippen molar-refractivity contribution in [3.05, 3.63) is 11.7 Å². The van der Waals surface area contributed by atoms with Gasteiger partial charge in [-0.1, -0.05) is 19.0 Å². The van der Waals surface area contributed by atoms with E-state index in [4.69, 9.17) is 15.0 Å². The summed E-state index contributed by atoms with van der Waals surface area (Å²) in [4.78, 5) is 4.58. The van der Waals surface area contributed by atoms with Gasteiger partial charge in [0.15, 0.2) is 0 Å². The molecule has 1 aliphatic rings. The number of aromatic nitrogens is 2. The van der Waals surface area contributed by atoms with E-state index >= 15 is 0 Å². The van der Waals surface area contributed by atoms with E-state index in [2.05, 4.69) is 24.0 Å². The second kappa shape index (κ2) is 6.68. The summed E-state index contributed by atoms with van der Waals surface area (Å²) in [5.41, 5.74) is 5.31. The number of nitrogens with two attached hydrogens (primary N) is 1. The molecule has 1 unspecified atom stereocenters. The van der Waals surface area contributed by atoms with Crippen molar-refractivity contribution in [1.29, 1.82) is 0 Å². The minimum Gasteiger partial charge on any atom is -0.367 e. The van der Waals surface area contributed by atoms with Gasteiger partial charge in [-0.15, -0.1) is 0 Å². The van der Waals surface area contributed by atoms with Gasteiger partial charge in [-0.05, 0) is 51.0 Å². The van der Waals surface area contributed by atoms with Crippen LogP contribution in [0.1, 0.15) is 58.2 Å². The zero-order chi connectivity index (χ0) is 14.6. The van der Waals surface area contributed by atoms with Crippen molar-refractivity contribution in [3.8, 4) is 0 Å². The summed E-state index contributed by atoms with van der Waals surface area (Å²) in [6.45, 7) is 7.71. The molecular formula is C15H27N3O2. The molecule has 0 spiro atoms. The highest BCUT2D eigenvalue weighted by molar-refractivity contribution is 5.04. The first-order valence-corrected chi connectivity index (χ1v) is 7.76. The third-order valence-electron chi connectivity index (χ3n) is 4.30. The summed E-state index contributed by atoms with van der Waals surface area (Å²) in [6, 6.07) is 0. The molecule has 2 N–H and O–H groups in total. The average Bonchev–Trinajstić information content (AvgIpc) is 2.91. The number of hydrogen-bond donors (Lipinski definition) is 1. The van der Waals surface area contributed by atoms with Crippen LogP contribution < -0.4 is 5.73 Å². The Morgan fingerprint density at radius 3 is 2.75 bits per heavy atom. The zero-order valence-electron chi connectivity index (χ0n) is 12.9. The molecule has 0 bridgehead atoms. The Labute approximate surface area is 121 Å². The predicted octanol–water partition coefficient (Wildman–Crippen LogP) is 2.65. The molecule has 5 nitrogen and oxygen atoms in total. The molecule has 20 heavy (non-hydrogen) atoms. The summed E-state index contributed by atoms with van der Waals surface area (Å²) < 4.78 is 11.4. The van der Waals surface area contributed by atoms with Crippen LogP contribution in [0.4, 0.5) is 0 Å². The molecule has 1 heterocycles. The van der Waals surface area contributed by atoms with Gasteiger partial charge in [0, 0.05) is 13.0 Å². The lowest BCUT2D eigenvalue weighted by molar-refractivity contribution is -0.0847. The molecule has 1 atom stereocenters. The maximum Gasteiger partial charge on any atom is 0.227 e. The number of rotatable bonds is 6. The van der Waals surface area contributed by atoms with Gasteiger partial charge in [-0.3, -0.25) is 0 Å². The van der Waals surface area contributed by atoms with Crippen molar-refractivity contribution in [1.82, 2.24) is 10.1 Å². The molecule has 0 radical (unpaired) electrons. The molecular weight excluding hydrogens is 254 g/mol. The molecule has 5 heteroatoms. The lowest BCUT2D eigenvalue weighted by Gasteiger charge is -2.36. The predicted molar refractivity (Wildman–Crippen MR) is 77.2 cm³/mol. The zero-order valence-corrected chi connectivity index (χ0v) is 12.9. The lowest BCUT2D eigenvalue weighted by Crippen LogP contribution is -2.35. The van der Waals surface area contributed by atoms with Crippen molar-refractivity contribution in [3.63, 3.8) is 0 Å². The summed E-state index contributed by atoms with van der Waals surface area (Å²) in [7, 11) is 0. The van der Waals surface area contributed by atoms with E-state index in [1.807, 2.05) is 6.92 Å². The molecule has 0 saturated heterocycles. The maximum atomic E-state index is 6.04. The summed E-state index contributed by atoms with van der Waals surface area (Å²) in [5, 5.41) is 4.19. The minimum atomic E-state index is -0.338. The van der Waals surface area contributed by atoms with E-state index in [-0.39, 0.29) is 5.60 Å². The van der Waals surface area contributed by atoms with E-state index in [1.165, 1.54) is 0 Å². The van der Waals surface area contributed by atoms with E-state index in [9.17, 15) is 0 Å². The van der Waals surface area contributed by atoms with Crippen LogP contribution in [0.2, 0.25) is 0 Å². The quantitative estimate of drug-likeness (QED) is 0.867. The number of hydrogen-bond acceptors (Lipinski definition) is 5. The van der Waals surface area contributed by atoms with Crippen LogP contribution in [0.3, 0.4) is 0 Å².